The van der Waals surface area contributed by atoms with Crippen molar-refractivity contribution in [3.8, 4) is 0 Å². The summed E-state index contributed by atoms with van der Waals surface area (Å²) in [6, 6.07) is 0. The van der Waals surface area contributed by atoms with Gasteiger partial charge < -0.3 is 10.2 Å². The van der Waals surface area contributed by atoms with Crippen molar-refractivity contribution >= 4 is 0 Å². The van der Waals surface area contributed by atoms with Crippen LogP contribution in [0.4, 0.5) is 0 Å². The first-order valence-electron chi connectivity index (χ1n) is 7.09. The van der Waals surface area contributed by atoms with Crippen molar-refractivity contribution in [2.24, 2.45) is 28.6 Å². The summed E-state index contributed by atoms with van der Waals surface area (Å²) in [5.74, 6) is 1.48. The second-order valence-electron chi connectivity index (χ2n) is 8.06. The van der Waals surface area contributed by atoms with Gasteiger partial charge in [-0.15, -0.1) is 0 Å². The van der Waals surface area contributed by atoms with Gasteiger partial charge in [-0.3, -0.25) is 0 Å². The molecule has 0 aliphatic heterocycles. The highest BCUT2D eigenvalue weighted by Crippen LogP contribution is 2.70. The second kappa shape index (κ2) is 3.08. The van der Waals surface area contributed by atoms with Gasteiger partial charge in [-0.2, -0.15) is 0 Å². The summed E-state index contributed by atoms with van der Waals surface area (Å²) in [6.45, 7) is 8.69. The van der Waals surface area contributed by atoms with Crippen LogP contribution in [0.25, 0.3) is 0 Å². The fourth-order valence-corrected chi connectivity index (χ4v) is 4.96. The smallest absolute Gasteiger partial charge is 0.0651 e. The highest BCUT2D eigenvalue weighted by molar-refractivity contribution is 5.16. The maximum Gasteiger partial charge on any atom is 0.0651 e. The first kappa shape index (κ1) is 12.0. The third-order valence-electron chi connectivity index (χ3n) is 6.37. The van der Waals surface area contributed by atoms with Crippen LogP contribution in [-0.2, 0) is 0 Å². The van der Waals surface area contributed by atoms with Crippen molar-refractivity contribution < 1.29 is 10.2 Å². The van der Waals surface area contributed by atoms with Gasteiger partial charge in [0.25, 0.3) is 0 Å². The molecular formula is C15H26O2. The molecule has 3 fully saturated rings. The van der Waals surface area contributed by atoms with E-state index in [-0.39, 0.29) is 11.5 Å². The Morgan fingerprint density at radius 3 is 2.24 bits per heavy atom. The maximum absolute atomic E-state index is 10.6. The molecule has 2 nitrogen and oxygen atoms in total. The second-order valence-corrected chi connectivity index (χ2v) is 8.06. The molecule has 2 N–H and O–H groups in total. The fourth-order valence-electron chi connectivity index (χ4n) is 4.96. The molecule has 3 saturated carbocycles. The van der Waals surface area contributed by atoms with Gasteiger partial charge in [0.15, 0.2) is 0 Å². The van der Waals surface area contributed by atoms with Crippen LogP contribution in [0.5, 0.6) is 0 Å². The van der Waals surface area contributed by atoms with Crippen LogP contribution in [0.1, 0.15) is 53.4 Å². The molecule has 98 valence electrons. The zero-order valence-corrected chi connectivity index (χ0v) is 11.5. The van der Waals surface area contributed by atoms with Gasteiger partial charge in [0.05, 0.1) is 11.7 Å². The SMILES string of the molecule is CC1(C)C[C@@H]2[C@H](CC[C@]2(C)O)[C@@]2(C)C[C@H]2[C@@H]1O. The first-order valence-corrected chi connectivity index (χ1v) is 7.09. The first-order chi connectivity index (χ1) is 7.68. The van der Waals surface area contributed by atoms with Crippen molar-refractivity contribution in [2.75, 3.05) is 0 Å². The summed E-state index contributed by atoms with van der Waals surface area (Å²) in [7, 11) is 0. The van der Waals surface area contributed by atoms with Gasteiger partial charge in [0, 0.05) is 0 Å². The minimum absolute atomic E-state index is 0.0455. The number of hydrogen-bond donors (Lipinski definition) is 2. The number of rotatable bonds is 0. The van der Waals surface area contributed by atoms with E-state index in [0.29, 0.717) is 23.2 Å². The van der Waals surface area contributed by atoms with E-state index in [0.717, 1.165) is 25.7 Å². The summed E-state index contributed by atoms with van der Waals surface area (Å²) in [6.07, 6.45) is 4.03. The Hall–Kier alpha value is -0.0800. The van der Waals surface area contributed by atoms with Crippen LogP contribution >= 0.6 is 0 Å². The van der Waals surface area contributed by atoms with Crippen molar-refractivity contribution in [1.29, 1.82) is 0 Å². The van der Waals surface area contributed by atoms with E-state index in [4.69, 9.17) is 0 Å². The molecule has 0 aromatic carbocycles. The average Bonchev–Trinajstić information content (AvgIpc) is 2.79. The predicted octanol–water partition coefficient (Wildman–Crippen LogP) is 2.58. The lowest BCUT2D eigenvalue weighted by Gasteiger charge is -2.37. The van der Waals surface area contributed by atoms with E-state index in [1.807, 2.05) is 6.92 Å². The lowest BCUT2D eigenvalue weighted by molar-refractivity contribution is -0.0314. The van der Waals surface area contributed by atoms with E-state index in [1.54, 1.807) is 0 Å². The zero-order valence-electron chi connectivity index (χ0n) is 11.5. The summed E-state index contributed by atoms with van der Waals surface area (Å²) in [4.78, 5) is 0. The maximum atomic E-state index is 10.6. The number of aliphatic hydroxyl groups excluding tert-OH is 1. The van der Waals surface area contributed by atoms with Gasteiger partial charge in [-0.1, -0.05) is 20.8 Å². The van der Waals surface area contributed by atoms with Gasteiger partial charge in [-0.05, 0) is 61.2 Å². The molecule has 0 unspecified atom stereocenters. The highest BCUT2D eigenvalue weighted by atomic mass is 16.3. The van der Waals surface area contributed by atoms with Crippen LogP contribution in [0.3, 0.4) is 0 Å². The Morgan fingerprint density at radius 1 is 0.941 bits per heavy atom. The number of aliphatic hydroxyl groups is 2. The Kier molecular flexibility index (Phi) is 2.17. The van der Waals surface area contributed by atoms with Gasteiger partial charge in [0.2, 0.25) is 0 Å². The topological polar surface area (TPSA) is 40.5 Å². The number of hydrogen-bond acceptors (Lipinski definition) is 2. The van der Waals surface area contributed by atoms with Crippen LogP contribution in [-0.4, -0.2) is 21.9 Å². The Balaban J connectivity index is 2.00. The summed E-state index contributed by atoms with van der Waals surface area (Å²) in [5.41, 5.74) is -0.253. The van der Waals surface area contributed by atoms with Crippen molar-refractivity contribution in [3.63, 3.8) is 0 Å². The normalized spacial score (nSPS) is 60.4. The van der Waals surface area contributed by atoms with E-state index >= 15 is 0 Å². The molecular weight excluding hydrogens is 212 g/mol. The molecule has 6 atom stereocenters. The molecule has 0 amide bonds. The van der Waals surface area contributed by atoms with Crippen molar-refractivity contribution in [3.05, 3.63) is 0 Å². The molecule has 3 aliphatic rings. The molecule has 2 heteroatoms. The third-order valence-corrected chi connectivity index (χ3v) is 6.37. The van der Waals surface area contributed by atoms with Gasteiger partial charge >= 0.3 is 0 Å². The zero-order chi connectivity index (χ0) is 12.6. The molecule has 0 radical (unpaired) electrons. The fraction of sp³-hybridized carbons (Fsp3) is 1.00. The molecule has 0 saturated heterocycles. The Labute approximate surface area is 104 Å². The Morgan fingerprint density at radius 2 is 1.59 bits per heavy atom. The molecule has 0 spiro atoms. The molecule has 17 heavy (non-hydrogen) atoms. The predicted molar refractivity (Wildman–Crippen MR) is 67.5 cm³/mol. The van der Waals surface area contributed by atoms with Crippen molar-refractivity contribution in [1.82, 2.24) is 0 Å². The van der Waals surface area contributed by atoms with Gasteiger partial charge in [-0.25, -0.2) is 0 Å². The van der Waals surface area contributed by atoms with E-state index in [2.05, 4.69) is 20.8 Å². The van der Waals surface area contributed by atoms with Crippen LogP contribution in [0.2, 0.25) is 0 Å². The highest BCUT2D eigenvalue weighted by Gasteiger charge is 2.67. The molecule has 0 aromatic rings. The summed E-state index contributed by atoms with van der Waals surface area (Å²) >= 11 is 0. The summed E-state index contributed by atoms with van der Waals surface area (Å²) < 4.78 is 0. The van der Waals surface area contributed by atoms with Crippen LogP contribution in [0.15, 0.2) is 0 Å². The minimum atomic E-state index is -0.512. The van der Waals surface area contributed by atoms with E-state index < -0.39 is 5.60 Å². The molecule has 0 bridgehead atoms. The molecule has 3 rings (SSSR count). The number of fused-ring (bicyclic) bond motifs is 3. The van der Waals surface area contributed by atoms with Crippen molar-refractivity contribution in [2.45, 2.75) is 65.1 Å². The largest absolute Gasteiger partial charge is 0.392 e. The monoisotopic (exact) mass is 238 g/mol. The molecule has 0 aromatic heterocycles. The van der Waals surface area contributed by atoms with Crippen LogP contribution in [0, 0.1) is 28.6 Å². The van der Waals surface area contributed by atoms with E-state index in [1.165, 1.54) is 0 Å². The third kappa shape index (κ3) is 1.46. The standard InChI is InChI=1S/C15H26O2/c1-13(2)7-10-9(5-6-15(10,4)17)14(3)8-11(14)12(13)16/h9-12,16-17H,5-8H2,1-4H3/t9-,10+,11-,12-,14+,15-/m0/s1. The average molecular weight is 238 g/mol. The quantitative estimate of drug-likeness (QED) is 0.681. The molecule has 3 aliphatic carbocycles. The lowest BCUT2D eigenvalue weighted by Crippen LogP contribution is -2.38. The lowest BCUT2D eigenvalue weighted by atomic mass is 9.72. The van der Waals surface area contributed by atoms with Crippen LogP contribution < -0.4 is 0 Å². The molecule has 0 heterocycles. The summed E-state index contributed by atoms with van der Waals surface area (Å²) in [5, 5.41) is 21.1. The minimum Gasteiger partial charge on any atom is -0.392 e. The van der Waals surface area contributed by atoms with Gasteiger partial charge in [0.1, 0.15) is 0 Å². The Bertz CT molecular complexity index is 347. The van der Waals surface area contributed by atoms with E-state index in [9.17, 15) is 10.2 Å².